The van der Waals surface area contributed by atoms with Gasteiger partial charge in [0, 0.05) is 31.7 Å². The Labute approximate surface area is 136 Å². The second-order valence-electron chi connectivity index (χ2n) is 5.83. The Bertz CT molecular complexity index is 827. The molecule has 0 atom stereocenters. The van der Waals surface area contributed by atoms with Crippen LogP contribution in [0.5, 0.6) is 0 Å². The average Bonchev–Trinajstić information content (AvgIpc) is 2.79. The predicted molar refractivity (Wildman–Crippen MR) is 90.9 cm³/mol. The molecule has 6 heteroatoms. The van der Waals surface area contributed by atoms with Crippen LogP contribution in [0.3, 0.4) is 0 Å². The van der Waals surface area contributed by atoms with E-state index in [1.807, 2.05) is 42.5 Å². The Balaban J connectivity index is 1.85. The summed E-state index contributed by atoms with van der Waals surface area (Å²) >= 11 is 0. The highest BCUT2D eigenvalue weighted by molar-refractivity contribution is 7.88. The Hall–Kier alpha value is -1.92. The minimum Gasteiger partial charge on any atom is -0.337 e. The summed E-state index contributed by atoms with van der Waals surface area (Å²) in [6.45, 7) is 1.83. The van der Waals surface area contributed by atoms with E-state index < -0.39 is 10.0 Å². The van der Waals surface area contributed by atoms with Crippen LogP contribution in [-0.2, 0) is 10.0 Å². The van der Waals surface area contributed by atoms with Crippen LogP contribution >= 0.6 is 0 Å². The molecule has 1 aliphatic heterocycles. The van der Waals surface area contributed by atoms with Crippen LogP contribution in [0, 0.1) is 0 Å². The Morgan fingerprint density at radius 1 is 0.957 bits per heavy atom. The lowest BCUT2D eigenvalue weighted by atomic mass is 10.0. The molecule has 1 aliphatic rings. The van der Waals surface area contributed by atoms with E-state index in [9.17, 15) is 13.2 Å². The number of hydrogen-bond donors (Lipinski definition) is 0. The highest BCUT2D eigenvalue weighted by Crippen LogP contribution is 2.21. The van der Waals surface area contributed by atoms with E-state index in [1.54, 1.807) is 4.90 Å². The maximum atomic E-state index is 12.9. The molecular formula is C17H20N2O3S. The molecule has 3 rings (SSSR count). The van der Waals surface area contributed by atoms with Crippen molar-refractivity contribution in [1.82, 2.24) is 9.21 Å². The maximum Gasteiger partial charge on any atom is 0.254 e. The number of carbonyl (C=O) groups excluding carboxylic acids is 1. The molecule has 0 radical (unpaired) electrons. The fourth-order valence-corrected chi connectivity index (χ4v) is 3.88. The molecule has 1 amide bonds. The van der Waals surface area contributed by atoms with Crippen LogP contribution in [0.1, 0.15) is 16.8 Å². The monoisotopic (exact) mass is 332 g/mol. The van der Waals surface area contributed by atoms with Crippen molar-refractivity contribution >= 4 is 26.7 Å². The van der Waals surface area contributed by atoms with Crippen molar-refractivity contribution in [1.29, 1.82) is 0 Å². The lowest BCUT2D eigenvalue weighted by molar-refractivity contribution is 0.0766. The van der Waals surface area contributed by atoms with Crippen LogP contribution in [0.4, 0.5) is 0 Å². The van der Waals surface area contributed by atoms with Gasteiger partial charge in [-0.25, -0.2) is 12.7 Å². The largest absolute Gasteiger partial charge is 0.337 e. The first kappa shape index (κ1) is 16.0. The van der Waals surface area contributed by atoms with Gasteiger partial charge in [0.05, 0.1) is 6.26 Å². The Kier molecular flexibility index (Phi) is 4.37. The van der Waals surface area contributed by atoms with E-state index in [0.29, 0.717) is 38.2 Å². The van der Waals surface area contributed by atoms with E-state index in [1.165, 1.54) is 10.6 Å². The van der Waals surface area contributed by atoms with Gasteiger partial charge in [-0.3, -0.25) is 4.79 Å². The Morgan fingerprint density at radius 3 is 2.48 bits per heavy atom. The van der Waals surface area contributed by atoms with Gasteiger partial charge < -0.3 is 4.90 Å². The van der Waals surface area contributed by atoms with Crippen molar-refractivity contribution in [2.75, 3.05) is 32.4 Å². The van der Waals surface area contributed by atoms with Gasteiger partial charge in [0.15, 0.2) is 0 Å². The molecule has 0 spiro atoms. The molecule has 0 aromatic heterocycles. The second-order valence-corrected chi connectivity index (χ2v) is 7.82. The summed E-state index contributed by atoms with van der Waals surface area (Å²) in [5, 5.41) is 1.97. The molecule has 23 heavy (non-hydrogen) atoms. The van der Waals surface area contributed by atoms with E-state index in [4.69, 9.17) is 0 Å². The van der Waals surface area contributed by atoms with Gasteiger partial charge in [0.25, 0.3) is 5.91 Å². The minimum absolute atomic E-state index is 0.0304. The van der Waals surface area contributed by atoms with Gasteiger partial charge in [0.2, 0.25) is 10.0 Å². The van der Waals surface area contributed by atoms with Gasteiger partial charge >= 0.3 is 0 Å². The molecule has 5 nitrogen and oxygen atoms in total. The fraction of sp³-hybridized carbons (Fsp3) is 0.353. The predicted octanol–water partition coefficient (Wildman–Crippen LogP) is 1.95. The lowest BCUT2D eigenvalue weighted by Crippen LogP contribution is -2.37. The maximum absolute atomic E-state index is 12.9. The van der Waals surface area contributed by atoms with Crippen LogP contribution in [0.2, 0.25) is 0 Å². The van der Waals surface area contributed by atoms with Gasteiger partial charge in [-0.2, -0.15) is 0 Å². The van der Waals surface area contributed by atoms with Crippen molar-refractivity contribution in [2.24, 2.45) is 0 Å². The molecule has 0 bridgehead atoms. The number of hydrogen-bond acceptors (Lipinski definition) is 3. The van der Waals surface area contributed by atoms with E-state index in [2.05, 4.69) is 0 Å². The number of rotatable bonds is 2. The minimum atomic E-state index is -3.20. The molecular weight excluding hydrogens is 312 g/mol. The summed E-state index contributed by atoms with van der Waals surface area (Å²) in [5.74, 6) is -0.0304. The van der Waals surface area contributed by atoms with Crippen molar-refractivity contribution in [3.8, 4) is 0 Å². The average molecular weight is 332 g/mol. The molecule has 0 unspecified atom stereocenters. The molecule has 1 fully saturated rings. The number of benzene rings is 2. The summed E-state index contributed by atoms with van der Waals surface area (Å²) in [6.07, 6.45) is 1.87. The third-order valence-corrected chi connectivity index (χ3v) is 5.53. The molecule has 2 aromatic carbocycles. The molecule has 1 saturated heterocycles. The molecule has 0 saturated carbocycles. The van der Waals surface area contributed by atoms with Crippen LogP contribution < -0.4 is 0 Å². The number of amides is 1. The topological polar surface area (TPSA) is 57.7 Å². The standard InChI is InChI=1S/C17H20N2O3S/c1-23(21,22)19-11-5-10-18(12-13-19)17(20)16-9-4-7-14-6-2-3-8-15(14)16/h2-4,6-9H,5,10-13H2,1H3. The summed E-state index contributed by atoms with van der Waals surface area (Å²) in [5.41, 5.74) is 0.677. The smallest absolute Gasteiger partial charge is 0.254 e. The fourth-order valence-electron chi connectivity index (χ4n) is 3.01. The quantitative estimate of drug-likeness (QED) is 0.844. The van der Waals surface area contributed by atoms with Gasteiger partial charge in [-0.05, 0) is 23.3 Å². The van der Waals surface area contributed by atoms with Crippen molar-refractivity contribution in [3.63, 3.8) is 0 Å². The third kappa shape index (κ3) is 3.38. The number of fused-ring (bicyclic) bond motifs is 1. The molecule has 122 valence electrons. The molecule has 2 aromatic rings. The highest BCUT2D eigenvalue weighted by atomic mass is 32.2. The summed E-state index contributed by atoms with van der Waals surface area (Å²) in [4.78, 5) is 14.6. The van der Waals surface area contributed by atoms with Crippen molar-refractivity contribution in [2.45, 2.75) is 6.42 Å². The lowest BCUT2D eigenvalue weighted by Gasteiger charge is -2.21. The first-order valence-electron chi connectivity index (χ1n) is 7.69. The summed E-state index contributed by atoms with van der Waals surface area (Å²) in [7, 11) is -3.20. The van der Waals surface area contributed by atoms with Gasteiger partial charge in [-0.1, -0.05) is 36.4 Å². The summed E-state index contributed by atoms with van der Waals surface area (Å²) < 4.78 is 24.8. The first-order valence-corrected chi connectivity index (χ1v) is 9.54. The SMILES string of the molecule is CS(=O)(=O)N1CCCN(C(=O)c2cccc3ccccc23)CC1. The van der Waals surface area contributed by atoms with Crippen LogP contribution in [0.25, 0.3) is 10.8 Å². The molecule has 1 heterocycles. The number of carbonyl (C=O) groups is 1. The zero-order chi connectivity index (χ0) is 16.4. The number of nitrogens with zero attached hydrogens (tertiary/aromatic N) is 2. The number of sulfonamides is 1. The molecule has 0 aliphatic carbocycles. The Morgan fingerprint density at radius 2 is 1.70 bits per heavy atom. The normalized spacial score (nSPS) is 17.2. The second kappa shape index (κ2) is 6.29. The molecule has 0 N–H and O–H groups in total. The van der Waals surface area contributed by atoms with Crippen LogP contribution in [-0.4, -0.2) is 56.0 Å². The van der Waals surface area contributed by atoms with Gasteiger partial charge in [0.1, 0.15) is 0 Å². The summed E-state index contributed by atoms with van der Waals surface area (Å²) in [6, 6.07) is 13.5. The first-order chi connectivity index (χ1) is 11.0. The van der Waals surface area contributed by atoms with E-state index >= 15 is 0 Å². The van der Waals surface area contributed by atoms with Gasteiger partial charge in [-0.15, -0.1) is 0 Å². The van der Waals surface area contributed by atoms with Crippen LogP contribution in [0.15, 0.2) is 42.5 Å². The highest BCUT2D eigenvalue weighted by Gasteiger charge is 2.25. The van der Waals surface area contributed by atoms with Crippen molar-refractivity contribution < 1.29 is 13.2 Å². The van der Waals surface area contributed by atoms with Crippen molar-refractivity contribution in [3.05, 3.63) is 48.0 Å². The van der Waals surface area contributed by atoms with E-state index in [-0.39, 0.29) is 5.91 Å². The van der Waals surface area contributed by atoms with E-state index in [0.717, 1.165) is 10.8 Å². The third-order valence-electron chi connectivity index (χ3n) is 4.23. The zero-order valence-electron chi connectivity index (χ0n) is 13.1. The zero-order valence-corrected chi connectivity index (χ0v) is 13.9.